The van der Waals surface area contributed by atoms with Gasteiger partial charge in [-0.1, -0.05) is 39.5 Å². The van der Waals surface area contributed by atoms with E-state index in [0.29, 0.717) is 79.3 Å². The van der Waals surface area contributed by atoms with Gasteiger partial charge in [-0.25, -0.2) is 0 Å². The summed E-state index contributed by atoms with van der Waals surface area (Å²) in [6.45, 7) is 13.1. The first-order valence-electron chi connectivity index (χ1n) is 11.5. The quantitative estimate of drug-likeness (QED) is 0.198. The maximum atomic E-state index is 5.54. The maximum Gasteiger partial charge on any atom is 0.0701 e. The highest BCUT2D eigenvalue weighted by Gasteiger charge is 1.95. The van der Waals surface area contributed by atoms with Crippen molar-refractivity contribution in [1.29, 1.82) is 0 Å². The molecule has 0 saturated heterocycles. The van der Waals surface area contributed by atoms with Crippen LogP contribution in [0.3, 0.4) is 0 Å². The Labute approximate surface area is 178 Å². The highest BCUT2D eigenvalue weighted by atomic mass is 16.6. The summed E-state index contributed by atoms with van der Waals surface area (Å²) in [5, 5.41) is 0. The molecule has 7 heteroatoms. The zero-order valence-corrected chi connectivity index (χ0v) is 19.0. The molecule has 29 heavy (non-hydrogen) atoms. The molecular weight excluding hydrogens is 376 g/mol. The molecule has 0 unspecified atom stereocenters. The van der Waals surface area contributed by atoms with Gasteiger partial charge in [-0.15, -0.1) is 0 Å². The fourth-order valence-corrected chi connectivity index (χ4v) is 2.37. The number of rotatable bonds is 26. The third-order valence-electron chi connectivity index (χ3n) is 3.97. The van der Waals surface area contributed by atoms with Gasteiger partial charge in [-0.2, -0.15) is 0 Å². The van der Waals surface area contributed by atoms with E-state index in [1.807, 2.05) is 0 Å². The second kappa shape index (κ2) is 27.7. The molecule has 176 valence electrons. The molecule has 0 spiro atoms. The standard InChI is InChI=1S/C22H46O7/c1-3-5-6-7-8-10-24-12-14-26-16-18-28-20-22-29-21-19-27-17-15-25-13-11-23-9-4-2/h3-22H2,1-2H3. The smallest absolute Gasteiger partial charge is 0.0701 e. The van der Waals surface area contributed by atoms with E-state index in [0.717, 1.165) is 26.1 Å². The van der Waals surface area contributed by atoms with Crippen LogP contribution >= 0.6 is 0 Å². The number of hydrogen-bond donors (Lipinski definition) is 0. The van der Waals surface area contributed by atoms with Crippen molar-refractivity contribution < 1.29 is 33.2 Å². The Morgan fingerprint density at radius 2 is 0.586 bits per heavy atom. The van der Waals surface area contributed by atoms with Gasteiger partial charge >= 0.3 is 0 Å². The summed E-state index contributed by atoms with van der Waals surface area (Å²) < 4.78 is 38.0. The van der Waals surface area contributed by atoms with E-state index in [2.05, 4.69) is 13.8 Å². The summed E-state index contributed by atoms with van der Waals surface area (Å²) in [5.41, 5.74) is 0. The fraction of sp³-hybridized carbons (Fsp3) is 1.00. The SMILES string of the molecule is CCCCCCCOCCOCCOCCOCCOCCOCCOCCC. The highest BCUT2D eigenvalue weighted by Crippen LogP contribution is 2.02. The average molecular weight is 423 g/mol. The van der Waals surface area contributed by atoms with E-state index in [1.54, 1.807) is 0 Å². The van der Waals surface area contributed by atoms with Crippen LogP contribution in [0.25, 0.3) is 0 Å². The summed E-state index contributed by atoms with van der Waals surface area (Å²) in [6, 6.07) is 0. The maximum absolute atomic E-state index is 5.54. The summed E-state index contributed by atoms with van der Waals surface area (Å²) in [4.78, 5) is 0. The molecule has 0 rings (SSSR count). The monoisotopic (exact) mass is 422 g/mol. The Kier molecular flexibility index (Phi) is 27.5. The lowest BCUT2D eigenvalue weighted by Crippen LogP contribution is -2.14. The third-order valence-corrected chi connectivity index (χ3v) is 3.97. The van der Waals surface area contributed by atoms with E-state index >= 15 is 0 Å². The Morgan fingerprint density at radius 3 is 0.931 bits per heavy atom. The normalized spacial score (nSPS) is 11.4. The zero-order valence-electron chi connectivity index (χ0n) is 19.0. The van der Waals surface area contributed by atoms with Gasteiger partial charge < -0.3 is 33.2 Å². The molecule has 0 bridgehead atoms. The van der Waals surface area contributed by atoms with Crippen LogP contribution in [0.5, 0.6) is 0 Å². The van der Waals surface area contributed by atoms with Crippen molar-refractivity contribution in [3.63, 3.8) is 0 Å². The Bertz CT molecular complexity index is 254. The van der Waals surface area contributed by atoms with Gasteiger partial charge in [-0.3, -0.25) is 0 Å². The predicted molar refractivity (Wildman–Crippen MR) is 115 cm³/mol. The molecule has 0 aliphatic rings. The second-order valence-electron chi connectivity index (χ2n) is 6.70. The van der Waals surface area contributed by atoms with Crippen molar-refractivity contribution in [2.45, 2.75) is 52.4 Å². The molecule has 0 aromatic rings. The van der Waals surface area contributed by atoms with Crippen LogP contribution in [0, 0.1) is 0 Å². The van der Waals surface area contributed by atoms with Crippen molar-refractivity contribution in [1.82, 2.24) is 0 Å². The summed E-state index contributed by atoms with van der Waals surface area (Å²) in [5.74, 6) is 0. The van der Waals surface area contributed by atoms with Crippen molar-refractivity contribution in [2.24, 2.45) is 0 Å². The van der Waals surface area contributed by atoms with Crippen molar-refractivity contribution >= 4 is 0 Å². The minimum atomic E-state index is 0.565. The van der Waals surface area contributed by atoms with Crippen molar-refractivity contribution in [2.75, 3.05) is 92.5 Å². The van der Waals surface area contributed by atoms with E-state index in [4.69, 9.17) is 33.2 Å². The Morgan fingerprint density at radius 1 is 0.276 bits per heavy atom. The molecule has 0 amide bonds. The van der Waals surface area contributed by atoms with Gasteiger partial charge in [0.05, 0.1) is 79.3 Å². The lowest BCUT2D eigenvalue weighted by atomic mass is 10.2. The molecule has 7 nitrogen and oxygen atoms in total. The molecule has 0 radical (unpaired) electrons. The van der Waals surface area contributed by atoms with Crippen LogP contribution in [0.1, 0.15) is 52.4 Å². The fourth-order valence-electron chi connectivity index (χ4n) is 2.37. The Hall–Kier alpha value is -0.280. The van der Waals surface area contributed by atoms with Crippen LogP contribution in [-0.4, -0.2) is 92.5 Å². The first-order valence-corrected chi connectivity index (χ1v) is 11.5. The van der Waals surface area contributed by atoms with Gasteiger partial charge in [0, 0.05) is 13.2 Å². The third kappa shape index (κ3) is 27.7. The predicted octanol–water partition coefficient (Wildman–Crippen LogP) is 3.48. The van der Waals surface area contributed by atoms with E-state index in [9.17, 15) is 0 Å². The molecule has 0 aliphatic carbocycles. The van der Waals surface area contributed by atoms with Crippen LogP contribution < -0.4 is 0 Å². The molecule has 0 saturated carbocycles. The number of hydrogen-bond acceptors (Lipinski definition) is 7. The van der Waals surface area contributed by atoms with Gasteiger partial charge in [0.15, 0.2) is 0 Å². The van der Waals surface area contributed by atoms with Gasteiger partial charge in [0.2, 0.25) is 0 Å². The summed E-state index contributed by atoms with van der Waals surface area (Å²) >= 11 is 0. The molecule has 0 atom stereocenters. The minimum absolute atomic E-state index is 0.565. The molecular formula is C22H46O7. The molecule has 0 aromatic heterocycles. The first kappa shape index (κ1) is 28.7. The van der Waals surface area contributed by atoms with Gasteiger partial charge in [0.1, 0.15) is 0 Å². The first-order chi connectivity index (χ1) is 14.4. The molecule has 0 aliphatic heterocycles. The lowest BCUT2D eigenvalue weighted by Gasteiger charge is -2.08. The molecule has 0 fully saturated rings. The molecule has 0 aromatic carbocycles. The average Bonchev–Trinajstić information content (AvgIpc) is 2.74. The van der Waals surface area contributed by atoms with E-state index in [-0.39, 0.29) is 0 Å². The van der Waals surface area contributed by atoms with Crippen molar-refractivity contribution in [3.05, 3.63) is 0 Å². The van der Waals surface area contributed by atoms with Gasteiger partial charge in [0.25, 0.3) is 0 Å². The Balaban J connectivity index is 2.97. The summed E-state index contributed by atoms with van der Waals surface area (Å²) in [6.07, 6.45) is 7.37. The summed E-state index contributed by atoms with van der Waals surface area (Å²) in [7, 11) is 0. The van der Waals surface area contributed by atoms with E-state index in [1.165, 1.54) is 25.7 Å². The van der Waals surface area contributed by atoms with Crippen molar-refractivity contribution in [3.8, 4) is 0 Å². The highest BCUT2D eigenvalue weighted by molar-refractivity contribution is 4.42. The molecule has 0 N–H and O–H groups in total. The lowest BCUT2D eigenvalue weighted by molar-refractivity contribution is -0.0205. The number of unbranched alkanes of at least 4 members (excludes halogenated alkanes) is 4. The van der Waals surface area contributed by atoms with Crippen LogP contribution in [0.15, 0.2) is 0 Å². The second-order valence-corrected chi connectivity index (χ2v) is 6.70. The van der Waals surface area contributed by atoms with Crippen LogP contribution in [0.4, 0.5) is 0 Å². The minimum Gasteiger partial charge on any atom is -0.379 e. The topological polar surface area (TPSA) is 64.6 Å². The van der Waals surface area contributed by atoms with Gasteiger partial charge in [-0.05, 0) is 12.8 Å². The van der Waals surface area contributed by atoms with E-state index < -0.39 is 0 Å². The molecule has 0 heterocycles. The van der Waals surface area contributed by atoms with Crippen LogP contribution in [0.2, 0.25) is 0 Å². The largest absolute Gasteiger partial charge is 0.379 e. The number of ether oxygens (including phenoxy) is 7. The van der Waals surface area contributed by atoms with Crippen LogP contribution in [-0.2, 0) is 33.2 Å². The zero-order chi connectivity index (χ0) is 21.1.